The molecule has 0 saturated heterocycles. The molecule has 0 amide bonds. The molecule has 17 heavy (non-hydrogen) atoms. The average Bonchev–Trinajstić information content (AvgIpc) is 2.78. The van der Waals surface area contributed by atoms with E-state index in [9.17, 15) is 0 Å². The molecule has 0 aliphatic rings. The van der Waals surface area contributed by atoms with E-state index in [0.717, 1.165) is 44.2 Å². The monoisotopic (exact) mass is 239 g/mol. The average molecular weight is 239 g/mol. The topological polar surface area (TPSA) is 41.3 Å². The highest BCUT2D eigenvalue weighted by Crippen LogP contribution is 2.14. The third-order valence-corrected chi connectivity index (χ3v) is 2.95. The van der Waals surface area contributed by atoms with Gasteiger partial charge in [0.15, 0.2) is 0 Å². The molecule has 0 bridgehead atoms. The van der Waals surface area contributed by atoms with Crippen molar-refractivity contribution in [2.24, 2.45) is 0 Å². The Balaban J connectivity index is 2.21. The lowest BCUT2D eigenvalue weighted by molar-refractivity contribution is 0.301. The maximum atomic E-state index is 5.25. The lowest BCUT2D eigenvalue weighted by Crippen LogP contribution is -2.31. The first-order valence-electron chi connectivity index (χ1n) is 6.55. The summed E-state index contributed by atoms with van der Waals surface area (Å²) in [4.78, 5) is 2.40. The number of hydrogen-bond acceptors (Lipinski definition) is 4. The van der Waals surface area contributed by atoms with Crippen LogP contribution in [0.15, 0.2) is 10.6 Å². The summed E-state index contributed by atoms with van der Waals surface area (Å²) >= 11 is 0. The van der Waals surface area contributed by atoms with Crippen LogP contribution in [0, 0.1) is 0 Å². The molecule has 1 rings (SSSR count). The lowest BCUT2D eigenvalue weighted by atomic mass is 10.1. The lowest BCUT2D eigenvalue weighted by Gasteiger charge is -2.17. The number of hydrogen-bond donors (Lipinski definition) is 1. The molecule has 0 aliphatic heterocycles. The highest BCUT2D eigenvalue weighted by atomic mass is 16.5. The van der Waals surface area contributed by atoms with Gasteiger partial charge in [-0.1, -0.05) is 32.9 Å². The molecule has 98 valence electrons. The maximum Gasteiger partial charge on any atom is 0.139 e. The molecule has 0 unspecified atom stereocenters. The molecular formula is C13H25N3O. The van der Waals surface area contributed by atoms with E-state index in [1.54, 1.807) is 0 Å². The Morgan fingerprint density at radius 3 is 2.59 bits per heavy atom. The summed E-state index contributed by atoms with van der Waals surface area (Å²) in [6.07, 6.45) is 0. The molecule has 0 radical (unpaired) electrons. The molecule has 0 saturated carbocycles. The van der Waals surface area contributed by atoms with Crippen molar-refractivity contribution in [1.82, 2.24) is 15.4 Å². The van der Waals surface area contributed by atoms with Gasteiger partial charge in [0, 0.05) is 31.6 Å². The molecule has 1 heterocycles. The Kier molecular flexibility index (Phi) is 6.22. The van der Waals surface area contributed by atoms with Crippen molar-refractivity contribution in [2.45, 2.75) is 40.2 Å². The van der Waals surface area contributed by atoms with E-state index in [1.807, 2.05) is 6.07 Å². The first-order chi connectivity index (χ1) is 8.17. The van der Waals surface area contributed by atoms with Crippen LogP contribution >= 0.6 is 0 Å². The molecule has 0 aromatic carbocycles. The zero-order valence-electron chi connectivity index (χ0n) is 11.5. The van der Waals surface area contributed by atoms with Gasteiger partial charge in [-0.2, -0.15) is 0 Å². The molecule has 4 nitrogen and oxygen atoms in total. The third kappa shape index (κ3) is 4.88. The van der Waals surface area contributed by atoms with Crippen LogP contribution in [-0.2, 0) is 6.54 Å². The van der Waals surface area contributed by atoms with E-state index in [1.165, 1.54) is 0 Å². The first kappa shape index (κ1) is 14.2. The third-order valence-electron chi connectivity index (χ3n) is 2.95. The van der Waals surface area contributed by atoms with Gasteiger partial charge in [0.2, 0.25) is 0 Å². The van der Waals surface area contributed by atoms with Crippen molar-refractivity contribution in [2.75, 3.05) is 26.2 Å². The summed E-state index contributed by atoms with van der Waals surface area (Å²) < 4.78 is 5.25. The van der Waals surface area contributed by atoms with Crippen molar-refractivity contribution in [3.8, 4) is 0 Å². The van der Waals surface area contributed by atoms with E-state index < -0.39 is 0 Å². The number of likely N-dealkylation sites (N-methyl/N-ethyl adjacent to an activating group) is 1. The van der Waals surface area contributed by atoms with Gasteiger partial charge in [-0.3, -0.25) is 0 Å². The van der Waals surface area contributed by atoms with Crippen LogP contribution in [0.4, 0.5) is 0 Å². The van der Waals surface area contributed by atoms with Crippen molar-refractivity contribution in [3.63, 3.8) is 0 Å². The largest absolute Gasteiger partial charge is 0.361 e. The van der Waals surface area contributed by atoms with Gasteiger partial charge in [0.05, 0.1) is 5.69 Å². The fourth-order valence-corrected chi connectivity index (χ4v) is 1.68. The Labute approximate surface area is 104 Å². The van der Waals surface area contributed by atoms with Crippen LogP contribution in [0.5, 0.6) is 0 Å². The SMILES string of the molecule is CCN(CC)CCNCc1cc(C(C)C)on1. The summed E-state index contributed by atoms with van der Waals surface area (Å²) in [6, 6.07) is 2.04. The maximum absolute atomic E-state index is 5.25. The second-order valence-corrected chi connectivity index (χ2v) is 4.58. The fraction of sp³-hybridized carbons (Fsp3) is 0.769. The first-order valence-corrected chi connectivity index (χ1v) is 6.55. The minimum atomic E-state index is 0.409. The highest BCUT2D eigenvalue weighted by Gasteiger charge is 2.07. The van der Waals surface area contributed by atoms with E-state index in [4.69, 9.17) is 4.52 Å². The molecule has 1 aromatic rings. The molecule has 1 aromatic heterocycles. The summed E-state index contributed by atoms with van der Waals surface area (Å²) in [5.41, 5.74) is 0.994. The number of nitrogens with zero attached hydrogens (tertiary/aromatic N) is 2. The summed E-state index contributed by atoms with van der Waals surface area (Å²) in [7, 11) is 0. The van der Waals surface area contributed by atoms with E-state index in [2.05, 4.69) is 43.1 Å². The Bertz CT molecular complexity index is 305. The van der Waals surface area contributed by atoms with Crippen molar-refractivity contribution < 1.29 is 4.52 Å². The Hall–Kier alpha value is -0.870. The van der Waals surface area contributed by atoms with Crippen molar-refractivity contribution in [3.05, 3.63) is 17.5 Å². The molecule has 0 atom stereocenters. The minimum absolute atomic E-state index is 0.409. The van der Waals surface area contributed by atoms with Gasteiger partial charge in [-0.15, -0.1) is 0 Å². The Morgan fingerprint density at radius 1 is 1.35 bits per heavy atom. The van der Waals surface area contributed by atoms with Gasteiger partial charge in [0.1, 0.15) is 5.76 Å². The van der Waals surface area contributed by atoms with E-state index in [-0.39, 0.29) is 0 Å². The minimum Gasteiger partial charge on any atom is -0.361 e. The molecule has 0 fully saturated rings. The molecule has 4 heteroatoms. The van der Waals surface area contributed by atoms with Crippen molar-refractivity contribution in [1.29, 1.82) is 0 Å². The number of rotatable bonds is 8. The van der Waals surface area contributed by atoms with Gasteiger partial charge in [-0.05, 0) is 13.1 Å². The summed E-state index contributed by atoms with van der Waals surface area (Å²) in [5.74, 6) is 1.37. The zero-order valence-corrected chi connectivity index (χ0v) is 11.5. The summed E-state index contributed by atoms with van der Waals surface area (Å²) in [6.45, 7) is 13.7. The van der Waals surface area contributed by atoms with Gasteiger partial charge < -0.3 is 14.7 Å². The summed E-state index contributed by atoms with van der Waals surface area (Å²) in [5, 5.41) is 7.43. The van der Waals surface area contributed by atoms with Gasteiger partial charge >= 0.3 is 0 Å². The normalized spacial score (nSPS) is 11.6. The van der Waals surface area contributed by atoms with Crippen molar-refractivity contribution >= 4 is 0 Å². The quantitative estimate of drug-likeness (QED) is 0.706. The smallest absolute Gasteiger partial charge is 0.139 e. The number of aromatic nitrogens is 1. The van der Waals surface area contributed by atoms with Crippen LogP contribution < -0.4 is 5.32 Å². The second-order valence-electron chi connectivity index (χ2n) is 4.58. The van der Waals surface area contributed by atoms with E-state index in [0.29, 0.717) is 5.92 Å². The Morgan fingerprint density at radius 2 is 2.06 bits per heavy atom. The molecule has 1 N–H and O–H groups in total. The standard InChI is InChI=1S/C13H25N3O/c1-5-16(6-2)8-7-14-10-12-9-13(11(3)4)17-15-12/h9,11,14H,5-8,10H2,1-4H3. The number of nitrogens with one attached hydrogen (secondary N) is 1. The van der Waals surface area contributed by atoms with Crippen LogP contribution in [-0.4, -0.2) is 36.2 Å². The van der Waals surface area contributed by atoms with Crippen LogP contribution in [0.3, 0.4) is 0 Å². The van der Waals surface area contributed by atoms with Crippen LogP contribution in [0.25, 0.3) is 0 Å². The molecule has 0 aliphatic carbocycles. The van der Waals surface area contributed by atoms with Gasteiger partial charge in [0.25, 0.3) is 0 Å². The second kappa shape index (κ2) is 7.45. The van der Waals surface area contributed by atoms with Crippen LogP contribution in [0.1, 0.15) is 45.1 Å². The van der Waals surface area contributed by atoms with E-state index >= 15 is 0 Å². The predicted octanol–water partition coefficient (Wildman–Crippen LogP) is 2.23. The fourth-order valence-electron chi connectivity index (χ4n) is 1.68. The van der Waals surface area contributed by atoms with Gasteiger partial charge in [-0.25, -0.2) is 0 Å². The van der Waals surface area contributed by atoms with Crippen LogP contribution in [0.2, 0.25) is 0 Å². The highest BCUT2D eigenvalue weighted by molar-refractivity contribution is 5.08. The zero-order chi connectivity index (χ0) is 12.7. The predicted molar refractivity (Wildman–Crippen MR) is 70.1 cm³/mol. The molecular weight excluding hydrogens is 214 g/mol. The molecule has 0 spiro atoms.